The summed E-state index contributed by atoms with van der Waals surface area (Å²) in [5.41, 5.74) is 1.23. The van der Waals surface area contributed by atoms with E-state index >= 15 is 0 Å². The van der Waals surface area contributed by atoms with Crippen LogP contribution in [0, 0.1) is 0 Å². The minimum Gasteiger partial charge on any atom is -0.497 e. The first kappa shape index (κ1) is 13.1. The lowest BCUT2D eigenvalue weighted by Crippen LogP contribution is -2.00. The summed E-state index contributed by atoms with van der Waals surface area (Å²) in [5.74, 6) is 2.65. The molecule has 3 rings (SSSR count). The predicted molar refractivity (Wildman–Crippen MR) is 72.9 cm³/mol. The van der Waals surface area contributed by atoms with E-state index in [4.69, 9.17) is 14.0 Å². The summed E-state index contributed by atoms with van der Waals surface area (Å²) in [7, 11) is 1.67. The summed E-state index contributed by atoms with van der Waals surface area (Å²) < 4.78 is 15.8. The first-order valence-corrected chi connectivity index (χ1v) is 6.88. The maximum atomic E-state index is 5.34. The first-order chi connectivity index (χ1) is 9.85. The van der Waals surface area contributed by atoms with Crippen molar-refractivity contribution in [3.8, 4) is 5.75 Å². The van der Waals surface area contributed by atoms with E-state index < -0.39 is 0 Å². The number of rotatable bonds is 5. The standard InChI is InChI=1S/C15H18N2O3/c1-18-13-5-2-11(3-6-13)4-7-14-16-15(17-20-14)12-8-9-19-10-12/h2-3,5-6,12H,4,7-10H2,1H3. The number of hydrogen-bond acceptors (Lipinski definition) is 5. The fraction of sp³-hybridized carbons (Fsp3) is 0.467. The topological polar surface area (TPSA) is 57.4 Å². The Morgan fingerprint density at radius 2 is 2.10 bits per heavy atom. The molecule has 1 aliphatic rings. The van der Waals surface area contributed by atoms with Crippen LogP contribution in [0.5, 0.6) is 5.75 Å². The lowest BCUT2D eigenvalue weighted by molar-refractivity contribution is 0.192. The molecule has 1 saturated heterocycles. The predicted octanol–water partition coefficient (Wildman–Crippen LogP) is 2.37. The van der Waals surface area contributed by atoms with Crippen LogP contribution in [0.4, 0.5) is 0 Å². The molecule has 20 heavy (non-hydrogen) atoms. The van der Waals surface area contributed by atoms with Gasteiger partial charge in [-0.2, -0.15) is 4.98 Å². The highest BCUT2D eigenvalue weighted by Crippen LogP contribution is 2.22. The summed E-state index contributed by atoms with van der Waals surface area (Å²) in [6.45, 7) is 1.50. The Morgan fingerprint density at radius 3 is 2.80 bits per heavy atom. The van der Waals surface area contributed by atoms with Gasteiger partial charge < -0.3 is 14.0 Å². The van der Waals surface area contributed by atoms with Crippen molar-refractivity contribution in [2.24, 2.45) is 0 Å². The van der Waals surface area contributed by atoms with Gasteiger partial charge in [-0.05, 0) is 30.5 Å². The molecule has 2 heterocycles. The molecule has 2 aromatic rings. The molecule has 1 aromatic carbocycles. The third kappa shape index (κ3) is 2.99. The number of benzene rings is 1. The van der Waals surface area contributed by atoms with Gasteiger partial charge in [-0.3, -0.25) is 0 Å². The SMILES string of the molecule is COc1ccc(CCc2nc(C3CCOC3)no2)cc1. The number of aromatic nitrogens is 2. The third-order valence-corrected chi connectivity index (χ3v) is 3.57. The van der Waals surface area contributed by atoms with E-state index in [0.29, 0.717) is 18.4 Å². The van der Waals surface area contributed by atoms with Gasteiger partial charge in [-0.15, -0.1) is 0 Å². The van der Waals surface area contributed by atoms with E-state index in [9.17, 15) is 0 Å². The molecule has 1 aromatic heterocycles. The van der Waals surface area contributed by atoms with E-state index in [1.54, 1.807) is 7.11 Å². The van der Waals surface area contributed by atoms with Gasteiger partial charge in [0.15, 0.2) is 5.82 Å². The van der Waals surface area contributed by atoms with Crippen molar-refractivity contribution in [3.63, 3.8) is 0 Å². The molecule has 1 atom stereocenters. The second-order valence-corrected chi connectivity index (χ2v) is 4.95. The highest BCUT2D eigenvalue weighted by Gasteiger charge is 2.22. The Balaban J connectivity index is 1.57. The van der Waals surface area contributed by atoms with E-state index in [0.717, 1.165) is 37.4 Å². The van der Waals surface area contributed by atoms with E-state index in [1.165, 1.54) is 5.56 Å². The Morgan fingerprint density at radius 1 is 1.25 bits per heavy atom. The van der Waals surface area contributed by atoms with Gasteiger partial charge >= 0.3 is 0 Å². The van der Waals surface area contributed by atoms with Crippen LogP contribution in [0.3, 0.4) is 0 Å². The van der Waals surface area contributed by atoms with Crippen LogP contribution < -0.4 is 4.74 Å². The van der Waals surface area contributed by atoms with Gasteiger partial charge in [0, 0.05) is 18.9 Å². The van der Waals surface area contributed by atoms with E-state index in [1.807, 2.05) is 12.1 Å². The van der Waals surface area contributed by atoms with Crippen LogP contribution in [0.2, 0.25) is 0 Å². The molecule has 5 heteroatoms. The Labute approximate surface area is 117 Å². The van der Waals surface area contributed by atoms with Crippen molar-refractivity contribution in [1.29, 1.82) is 0 Å². The second kappa shape index (κ2) is 6.05. The average molecular weight is 274 g/mol. The van der Waals surface area contributed by atoms with E-state index in [2.05, 4.69) is 22.3 Å². The van der Waals surface area contributed by atoms with Crippen LogP contribution in [-0.2, 0) is 17.6 Å². The van der Waals surface area contributed by atoms with Crippen molar-refractivity contribution in [2.45, 2.75) is 25.2 Å². The molecule has 1 fully saturated rings. The normalized spacial score (nSPS) is 18.4. The van der Waals surface area contributed by atoms with E-state index in [-0.39, 0.29) is 0 Å². The third-order valence-electron chi connectivity index (χ3n) is 3.57. The van der Waals surface area contributed by atoms with Crippen LogP contribution in [0.25, 0.3) is 0 Å². The van der Waals surface area contributed by atoms with Crippen molar-refractivity contribution < 1.29 is 14.0 Å². The molecule has 106 valence electrons. The van der Waals surface area contributed by atoms with Crippen molar-refractivity contribution >= 4 is 0 Å². The Hall–Kier alpha value is -1.88. The molecular weight excluding hydrogens is 256 g/mol. The minimum atomic E-state index is 0.300. The fourth-order valence-corrected chi connectivity index (χ4v) is 2.32. The van der Waals surface area contributed by atoms with Crippen molar-refractivity contribution in [2.75, 3.05) is 20.3 Å². The van der Waals surface area contributed by atoms with Crippen LogP contribution in [0.1, 0.15) is 29.6 Å². The van der Waals surface area contributed by atoms with Gasteiger partial charge in [0.25, 0.3) is 0 Å². The molecule has 0 spiro atoms. The van der Waals surface area contributed by atoms with Gasteiger partial charge in [-0.1, -0.05) is 17.3 Å². The molecule has 1 unspecified atom stereocenters. The maximum absolute atomic E-state index is 5.34. The van der Waals surface area contributed by atoms with Crippen molar-refractivity contribution in [3.05, 3.63) is 41.5 Å². The molecule has 0 amide bonds. The lowest BCUT2D eigenvalue weighted by atomic mass is 10.1. The first-order valence-electron chi connectivity index (χ1n) is 6.88. The zero-order valence-corrected chi connectivity index (χ0v) is 11.5. The number of methoxy groups -OCH3 is 1. The number of hydrogen-bond donors (Lipinski definition) is 0. The lowest BCUT2D eigenvalue weighted by Gasteiger charge is -2.01. The zero-order chi connectivity index (χ0) is 13.8. The van der Waals surface area contributed by atoms with Crippen molar-refractivity contribution in [1.82, 2.24) is 10.1 Å². The molecule has 1 aliphatic heterocycles. The van der Waals surface area contributed by atoms with Crippen LogP contribution in [0.15, 0.2) is 28.8 Å². The largest absolute Gasteiger partial charge is 0.497 e. The summed E-state index contributed by atoms with van der Waals surface area (Å²) in [4.78, 5) is 4.46. The highest BCUT2D eigenvalue weighted by molar-refractivity contribution is 5.27. The van der Waals surface area contributed by atoms with Gasteiger partial charge in [-0.25, -0.2) is 0 Å². The number of nitrogens with zero attached hydrogens (tertiary/aromatic N) is 2. The monoisotopic (exact) mass is 274 g/mol. The summed E-state index contributed by atoms with van der Waals surface area (Å²) >= 11 is 0. The summed E-state index contributed by atoms with van der Waals surface area (Å²) in [6.07, 6.45) is 2.62. The van der Waals surface area contributed by atoms with Gasteiger partial charge in [0.05, 0.1) is 13.7 Å². The molecule has 0 aliphatic carbocycles. The second-order valence-electron chi connectivity index (χ2n) is 4.95. The van der Waals surface area contributed by atoms with Gasteiger partial charge in [0.1, 0.15) is 5.75 Å². The molecule has 0 N–H and O–H groups in total. The quantitative estimate of drug-likeness (QED) is 0.837. The average Bonchev–Trinajstić information content (AvgIpc) is 3.16. The zero-order valence-electron chi connectivity index (χ0n) is 11.5. The number of ether oxygens (including phenoxy) is 2. The minimum absolute atomic E-state index is 0.300. The Bertz CT molecular complexity index is 545. The van der Waals surface area contributed by atoms with Gasteiger partial charge in [0.2, 0.25) is 5.89 Å². The number of aryl methyl sites for hydroxylation is 2. The van der Waals surface area contributed by atoms with Crippen LogP contribution >= 0.6 is 0 Å². The highest BCUT2D eigenvalue weighted by atomic mass is 16.5. The Kier molecular flexibility index (Phi) is 3.97. The fourth-order valence-electron chi connectivity index (χ4n) is 2.32. The molecule has 0 saturated carbocycles. The van der Waals surface area contributed by atoms with Crippen LogP contribution in [-0.4, -0.2) is 30.5 Å². The summed E-state index contributed by atoms with van der Waals surface area (Å²) in [6, 6.07) is 8.04. The maximum Gasteiger partial charge on any atom is 0.226 e. The molecular formula is C15H18N2O3. The smallest absolute Gasteiger partial charge is 0.226 e. The molecule has 0 bridgehead atoms. The summed E-state index contributed by atoms with van der Waals surface area (Å²) in [5, 5.41) is 4.05. The molecule has 0 radical (unpaired) electrons. The molecule has 5 nitrogen and oxygen atoms in total.